The molecule has 18 heavy (non-hydrogen) atoms. The molecule has 0 aromatic heterocycles. The van der Waals surface area contributed by atoms with Crippen molar-refractivity contribution in [1.82, 2.24) is 4.90 Å². The lowest BCUT2D eigenvalue weighted by atomic mass is 9.88. The lowest BCUT2D eigenvalue weighted by Gasteiger charge is -2.35. The van der Waals surface area contributed by atoms with Crippen LogP contribution in [0.5, 0.6) is 0 Å². The predicted octanol–water partition coefficient (Wildman–Crippen LogP) is 2.65. The summed E-state index contributed by atoms with van der Waals surface area (Å²) in [4.78, 5) is 13.7. The average Bonchev–Trinajstić information content (AvgIpc) is 2.71. The van der Waals surface area contributed by atoms with Crippen LogP contribution in [0.3, 0.4) is 0 Å². The van der Waals surface area contributed by atoms with E-state index in [1.54, 1.807) is 0 Å². The number of nitriles is 1. The normalized spacial score (nSPS) is 25.0. The highest BCUT2D eigenvalue weighted by molar-refractivity contribution is 5.79. The van der Waals surface area contributed by atoms with E-state index in [1.807, 2.05) is 20.8 Å². The van der Waals surface area contributed by atoms with Crippen LogP contribution in [0.2, 0.25) is 0 Å². The summed E-state index contributed by atoms with van der Waals surface area (Å²) < 4.78 is 0. The maximum Gasteiger partial charge on any atom is 0.324 e. The molecule has 102 valence electrons. The van der Waals surface area contributed by atoms with Crippen molar-refractivity contribution in [3.63, 3.8) is 0 Å². The molecule has 1 rings (SSSR count). The fourth-order valence-corrected chi connectivity index (χ4v) is 2.78. The summed E-state index contributed by atoms with van der Waals surface area (Å²) in [5, 5.41) is 18.6. The molecular formula is C14H24N2O2. The van der Waals surface area contributed by atoms with Gasteiger partial charge in [0.1, 0.15) is 5.54 Å². The first-order valence-electron chi connectivity index (χ1n) is 6.78. The van der Waals surface area contributed by atoms with Gasteiger partial charge in [-0.05, 0) is 46.1 Å². The molecule has 0 spiro atoms. The van der Waals surface area contributed by atoms with Crippen molar-refractivity contribution in [2.75, 3.05) is 13.1 Å². The van der Waals surface area contributed by atoms with Crippen molar-refractivity contribution in [3.8, 4) is 6.07 Å². The first-order chi connectivity index (χ1) is 8.38. The second-order valence-electron chi connectivity index (χ2n) is 5.92. The van der Waals surface area contributed by atoms with Crippen molar-refractivity contribution in [1.29, 1.82) is 5.26 Å². The molecule has 1 unspecified atom stereocenters. The van der Waals surface area contributed by atoms with Crippen molar-refractivity contribution >= 4 is 5.97 Å². The average molecular weight is 252 g/mol. The van der Waals surface area contributed by atoms with Crippen LogP contribution >= 0.6 is 0 Å². The minimum atomic E-state index is -0.698. The fourth-order valence-electron chi connectivity index (χ4n) is 2.78. The topological polar surface area (TPSA) is 64.3 Å². The largest absolute Gasteiger partial charge is 0.480 e. The Hall–Kier alpha value is -1.08. The summed E-state index contributed by atoms with van der Waals surface area (Å²) >= 11 is 0. The Labute approximate surface area is 110 Å². The SMILES string of the molecule is CCCC1(C(=O)O)CCCN1CCC(C)(C)C#N. The number of likely N-dealkylation sites (tertiary alicyclic amines) is 1. The summed E-state index contributed by atoms with van der Waals surface area (Å²) in [7, 11) is 0. The van der Waals surface area contributed by atoms with E-state index in [9.17, 15) is 9.90 Å². The number of aliphatic carboxylic acids is 1. The van der Waals surface area contributed by atoms with Gasteiger partial charge in [0.05, 0.1) is 11.5 Å². The highest BCUT2D eigenvalue weighted by Crippen LogP contribution is 2.35. The molecule has 0 saturated carbocycles. The van der Waals surface area contributed by atoms with E-state index < -0.39 is 11.5 Å². The lowest BCUT2D eigenvalue weighted by molar-refractivity contribution is -0.150. The molecule has 4 heteroatoms. The third-order valence-corrected chi connectivity index (χ3v) is 3.99. The van der Waals surface area contributed by atoms with Gasteiger partial charge in [0.15, 0.2) is 0 Å². The third kappa shape index (κ3) is 3.02. The van der Waals surface area contributed by atoms with Gasteiger partial charge in [0, 0.05) is 6.54 Å². The molecule has 1 fully saturated rings. The highest BCUT2D eigenvalue weighted by Gasteiger charge is 2.46. The molecule has 0 aliphatic carbocycles. The van der Waals surface area contributed by atoms with Gasteiger partial charge in [-0.3, -0.25) is 9.69 Å². The summed E-state index contributed by atoms with van der Waals surface area (Å²) in [6.45, 7) is 7.39. The zero-order valence-corrected chi connectivity index (χ0v) is 11.7. The first kappa shape index (κ1) is 15.0. The number of carboxylic acids is 1. The smallest absolute Gasteiger partial charge is 0.324 e. The van der Waals surface area contributed by atoms with Crippen LogP contribution in [0.1, 0.15) is 52.9 Å². The summed E-state index contributed by atoms with van der Waals surface area (Å²) in [5.41, 5.74) is -1.06. The monoisotopic (exact) mass is 252 g/mol. The molecule has 1 heterocycles. The van der Waals surface area contributed by atoms with Crippen LogP contribution in [-0.4, -0.2) is 34.6 Å². The van der Waals surface area contributed by atoms with E-state index in [1.165, 1.54) is 0 Å². The van der Waals surface area contributed by atoms with Gasteiger partial charge < -0.3 is 5.11 Å². The Morgan fingerprint density at radius 2 is 2.22 bits per heavy atom. The molecular weight excluding hydrogens is 228 g/mol. The Balaban J connectivity index is 2.75. The Kier molecular flexibility index (Phi) is 4.75. The van der Waals surface area contributed by atoms with Crippen LogP contribution in [-0.2, 0) is 4.79 Å². The van der Waals surface area contributed by atoms with E-state index in [2.05, 4.69) is 11.0 Å². The van der Waals surface area contributed by atoms with E-state index in [0.717, 1.165) is 32.2 Å². The van der Waals surface area contributed by atoms with Crippen molar-refractivity contribution in [3.05, 3.63) is 0 Å². The first-order valence-corrected chi connectivity index (χ1v) is 6.78. The molecule has 1 aliphatic rings. The maximum absolute atomic E-state index is 11.6. The second kappa shape index (κ2) is 5.71. The quantitative estimate of drug-likeness (QED) is 0.789. The molecule has 0 radical (unpaired) electrons. The van der Waals surface area contributed by atoms with Crippen LogP contribution in [0, 0.1) is 16.7 Å². The number of rotatable bonds is 6. The number of carboxylic acid groups (broad SMARTS) is 1. The van der Waals surface area contributed by atoms with Crippen LogP contribution in [0.15, 0.2) is 0 Å². The minimum absolute atomic E-state index is 0.376. The zero-order valence-electron chi connectivity index (χ0n) is 11.7. The van der Waals surface area contributed by atoms with Crippen molar-refractivity contribution in [2.24, 2.45) is 5.41 Å². The Morgan fingerprint density at radius 3 is 2.72 bits per heavy atom. The molecule has 0 bridgehead atoms. The number of carbonyl (C=O) groups is 1. The van der Waals surface area contributed by atoms with Gasteiger partial charge in [0.2, 0.25) is 0 Å². The van der Waals surface area contributed by atoms with Crippen LogP contribution in [0.25, 0.3) is 0 Å². The van der Waals surface area contributed by atoms with Crippen LogP contribution < -0.4 is 0 Å². The van der Waals surface area contributed by atoms with Gasteiger partial charge in [0.25, 0.3) is 0 Å². The molecule has 1 saturated heterocycles. The maximum atomic E-state index is 11.6. The minimum Gasteiger partial charge on any atom is -0.480 e. The predicted molar refractivity (Wildman–Crippen MR) is 70.1 cm³/mol. The molecule has 1 atom stereocenters. The molecule has 4 nitrogen and oxygen atoms in total. The molecule has 0 aromatic carbocycles. The molecule has 0 amide bonds. The summed E-state index contributed by atoms with van der Waals surface area (Å²) in [6, 6.07) is 2.28. The standard InChI is InChI=1S/C14H24N2O2/c1-4-6-14(12(17)18)7-5-9-16(14)10-8-13(2,3)11-15/h4-10H2,1-3H3,(H,17,18). The second-order valence-corrected chi connectivity index (χ2v) is 5.92. The summed E-state index contributed by atoms with van der Waals surface area (Å²) in [5.74, 6) is -0.698. The van der Waals surface area contributed by atoms with E-state index >= 15 is 0 Å². The van der Waals surface area contributed by atoms with E-state index in [-0.39, 0.29) is 5.41 Å². The third-order valence-electron chi connectivity index (χ3n) is 3.99. The number of nitrogens with zero attached hydrogens (tertiary/aromatic N) is 2. The van der Waals surface area contributed by atoms with Gasteiger partial charge in [-0.2, -0.15) is 5.26 Å². The highest BCUT2D eigenvalue weighted by atomic mass is 16.4. The number of hydrogen-bond donors (Lipinski definition) is 1. The fraction of sp³-hybridized carbons (Fsp3) is 0.857. The van der Waals surface area contributed by atoms with Gasteiger partial charge in [-0.25, -0.2) is 0 Å². The van der Waals surface area contributed by atoms with Gasteiger partial charge in [-0.15, -0.1) is 0 Å². The van der Waals surface area contributed by atoms with Crippen molar-refractivity contribution in [2.45, 2.75) is 58.4 Å². The summed E-state index contributed by atoms with van der Waals surface area (Å²) in [6.07, 6.45) is 3.99. The molecule has 0 aromatic rings. The van der Waals surface area contributed by atoms with Gasteiger partial charge in [-0.1, -0.05) is 13.3 Å². The van der Waals surface area contributed by atoms with Crippen molar-refractivity contribution < 1.29 is 9.90 Å². The number of hydrogen-bond acceptors (Lipinski definition) is 3. The zero-order chi connectivity index (χ0) is 13.8. The van der Waals surface area contributed by atoms with E-state index in [0.29, 0.717) is 13.0 Å². The lowest BCUT2D eigenvalue weighted by Crippen LogP contribution is -2.51. The van der Waals surface area contributed by atoms with Gasteiger partial charge >= 0.3 is 5.97 Å². The Morgan fingerprint density at radius 1 is 1.56 bits per heavy atom. The Bertz CT molecular complexity index is 346. The molecule has 1 N–H and O–H groups in total. The van der Waals surface area contributed by atoms with E-state index in [4.69, 9.17) is 5.26 Å². The van der Waals surface area contributed by atoms with Crippen LogP contribution in [0.4, 0.5) is 0 Å². The molecule has 1 aliphatic heterocycles.